The number of fused-ring (bicyclic) bond motifs is 1. The highest BCUT2D eigenvalue weighted by molar-refractivity contribution is 6.37. The molecule has 0 spiro atoms. The molecule has 3 heterocycles. The number of halogens is 2. The lowest BCUT2D eigenvalue weighted by Crippen LogP contribution is -2.06. The number of Topliss-reactive ketones (excluding diaryl/α,β-unsaturated/α-hetero) is 1. The number of anilines is 2. The first-order chi connectivity index (χ1) is 14.5. The summed E-state index contributed by atoms with van der Waals surface area (Å²) in [6.45, 7) is 1.80. The van der Waals surface area contributed by atoms with E-state index in [0.717, 1.165) is 5.69 Å². The Balaban J connectivity index is 1.93. The number of aromatic hydroxyl groups is 1. The third-order valence-electron chi connectivity index (χ3n) is 4.58. The zero-order chi connectivity index (χ0) is 21.3. The lowest BCUT2D eigenvalue weighted by Gasteiger charge is -2.14. The van der Waals surface area contributed by atoms with Gasteiger partial charge in [-0.05, 0) is 36.4 Å². The first-order valence-electron chi connectivity index (χ1n) is 9.16. The zero-order valence-electron chi connectivity index (χ0n) is 15.9. The van der Waals surface area contributed by atoms with Gasteiger partial charge in [0.15, 0.2) is 11.5 Å². The van der Waals surface area contributed by atoms with Crippen molar-refractivity contribution >= 4 is 51.4 Å². The van der Waals surface area contributed by atoms with Gasteiger partial charge in [0, 0.05) is 24.4 Å². The summed E-state index contributed by atoms with van der Waals surface area (Å²) in [7, 11) is 0. The van der Waals surface area contributed by atoms with Gasteiger partial charge in [-0.25, -0.2) is 4.98 Å². The third kappa shape index (κ3) is 3.79. The average Bonchev–Trinajstić information content (AvgIpc) is 2.77. The van der Waals surface area contributed by atoms with Gasteiger partial charge in [0.1, 0.15) is 5.52 Å². The van der Waals surface area contributed by atoms with Crippen LogP contribution in [-0.2, 0) is 0 Å². The SMILES string of the molecule is CCC(=O)c1cnc2ccc(-c3cc(Cl)c(O)c(Cl)c3)nc2c1Nc1cccnc1. The molecule has 4 aromatic rings. The number of nitrogens with one attached hydrogen (secondary N) is 1. The van der Waals surface area contributed by atoms with Gasteiger partial charge in [0.25, 0.3) is 0 Å². The molecule has 4 rings (SSSR count). The van der Waals surface area contributed by atoms with Crippen molar-refractivity contribution in [3.05, 3.63) is 70.6 Å². The van der Waals surface area contributed by atoms with Crippen molar-refractivity contribution in [1.82, 2.24) is 15.0 Å². The number of aromatic nitrogens is 3. The predicted molar refractivity (Wildman–Crippen MR) is 119 cm³/mol. The average molecular weight is 439 g/mol. The number of hydrogen-bond acceptors (Lipinski definition) is 6. The Labute approximate surface area is 182 Å². The minimum atomic E-state index is -0.181. The van der Waals surface area contributed by atoms with Crippen LogP contribution in [-0.4, -0.2) is 25.8 Å². The first-order valence-corrected chi connectivity index (χ1v) is 9.92. The number of nitrogens with zero attached hydrogens (tertiary/aromatic N) is 3. The van der Waals surface area contributed by atoms with Crippen molar-refractivity contribution in [3.8, 4) is 17.0 Å². The Kier molecular flexibility index (Phi) is 5.53. The molecule has 0 saturated heterocycles. The molecule has 0 saturated carbocycles. The van der Waals surface area contributed by atoms with Crippen molar-refractivity contribution < 1.29 is 9.90 Å². The zero-order valence-corrected chi connectivity index (χ0v) is 17.4. The maximum absolute atomic E-state index is 12.6. The number of rotatable bonds is 5. The summed E-state index contributed by atoms with van der Waals surface area (Å²) in [6.07, 6.45) is 5.22. The van der Waals surface area contributed by atoms with Crippen LogP contribution in [0.1, 0.15) is 23.7 Å². The van der Waals surface area contributed by atoms with Gasteiger partial charge >= 0.3 is 0 Å². The molecule has 0 radical (unpaired) electrons. The minimum Gasteiger partial charge on any atom is -0.505 e. The Hall–Kier alpha value is -3.22. The molecule has 0 unspecified atom stereocenters. The molecule has 6 nitrogen and oxygen atoms in total. The Morgan fingerprint density at radius 2 is 1.90 bits per heavy atom. The number of ketones is 1. The molecular formula is C22H16Cl2N4O2. The molecule has 0 bridgehead atoms. The fourth-order valence-electron chi connectivity index (χ4n) is 3.05. The van der Waals surface area contributed by atoms with Crippen LogP contribution in [0.3, 0.4) is 0 Å². The van der Waals surface area contributed by atoms with Crippen molar-refractivity contribution in [3.63, 3.8) is 0 Å². The summed E-state index contributed by atoms with van der Waals surface area (Å²) in [5, 5.41) is 13.4. The van der Waals surface area contributed by atoms with E-state index in [9.17, 15) is 9.90 Å². The van der Waals surface area contributed by atoms with Crippen LogP contribution in [0.4, 0.5) is 11.4 Å². The number of hydrogen-bond donors (Lipinski definition) is 2. The smallest absolute Gasteiger partial charge is 0.166 e. The molecule has 0 atom stereocenters. The Morgan fingerprint density at radius 3 is 2.57 bits per heavy atom. The van der Waals surface area contributed by atoms with Crippen LogP contribution >= 0.6 is 23.2 Å². The molecule has 3 aromatic heterocycles. The molecule has 1 aromatic carbocycles. The maximum atomic E-state index is 12.6. The number of carbonyl (C=O) groups is 1. The molecule has 30 heavy (non-hydrogen) atoms. The third-order valence-corrected chi connectivity index (χ3v) is 5.15. The van der Waals surface area contributed by atoms with Crippen LogP contribution < -0.4 is 5.32 Å². The van der Waals surface area contributed by atoms with E-state index in [0.29, 0.717) is 40.0 Å². The monoisotopic (exact) mass is 438 g/mol. The number of benzene rings is 1. The predicted octanol–water partition coefficient (Wildman–Crippen LogP) is 6.04. The highest BCUT2D eigenvalue weighted by Crippen LogP contribution is 2.37. The van der Waals surface area contributed by atoms with E-state index in [-0.39, 0.29) is 21.6 Å². The van der Waals surface area contributed by atoms with Crippen molar-refractivity contribution in [2.45, 2.75) is 13.3 Å². The summed E-state index contributed by atoms with van der Waals surface area (Å²) < 4.78 is 0. The lowest BCUT2D eigenvalue weighted by molar-refractivity contribution is 0.0988. The number of phenols is 1. The lowest BCUT2D eigenvalue weighted by atomic mass is 10.1. The maximum Gasteiger partial charge on any atom is 0.166 e. The standard InChI is InChI=1S/C22H16Cl2N4O2/c1-2-19(29)14-11-26-18-6-5-17(12-8-15(23)22(30)16(24)9-12)28-21(18)20(14)27-13-4-3-7-25-10-13/h3-11,30H,2H2,1H3,(H,26,27). The van der Waals surface area contributed by atoms with E-state index in [1.54, 1.807) is 55.8 Å². The van der Waals surface area contributed by atoms with Crippen LogP contribution in [0, 0.1) is 0 Å². The van der Waals surface area contributed by atoms with Crippen LogP contribution in [0.15, 0.2) is 55.0 Å². The molecule has 8 heteroatoms. The second kappa shape index (κ2) is 8.26. The van der Waals surface area contributed by atoms with E-state index >= 15 is 0 Å². The summed E-state index contributed by atoms with van der Waals surface area (Å²) in [4.78, 5) is 25.8. The van der Waals surface area contributed by atoms with Gasteiger partial charge in [0.2, 0.25) is 0 Å². The Morgan fingerprint density at radius 1 is 1.13 bits per heavy atom. The molecule has 0 amide bonds. The molecule has 0 fully saturated rings. The molecule has 2 N–H and O–H groups in total. The van der Waals surface area contributed by atoms with Crippen LogP contribution in [0.25, 0.3) is 22.3 Å². The Bertz CT molecular complexity index is 1240. The van der Waals surface area contributed by atoms with Crippen LogP contribution in [0.5, 0.6) is 5.75 Å². The molecule has 0 aliphatic heterocycles. The summed E-state index contributed by atoms with van der Waals surface area (Å²) >= 11 is 12.1. The van der Waals surface area contributed by atoms with Gasteiger partial charge in [0.05, 0.1) is 44.4 Å². The fourth-order valence-corrected chi connectivity index (χ4v) is 3.54. The highest BCUT2D eigenvalue weighted by Gasteiger charge is 2.17. The fraction of sp³-hybridized carbons (Fsp3) is 0.0909. The van der Waals surface area contributed by atoms with Gasteiger partial charge in [-0.15, -0.1) is 0 Å². The van der Waals surface area contributed by atoms with Crippen molar-refractivity contribution in [2.24, 2.45) is 0 Å². The number of carbonyl (C=O) groups excluding carboxylic acids is 1. The van der Waals surface area contributed by atoms with Crippen LogP contribution in [0.2, 0.25) is 10.0 Å². The molecule has 150 valence electrons. The molecule has 0 aliphatic carbocycles. The van der Waals surface area contributed by atoms with E-state index < -0.39 is 0 Å². The minimum absolute atomic E-state index is 0.0567. The molecule has 0 aliphatic rings. The van der Waals surface area contributed by atoms with E-state index in [4.69, 9.17) is 28.2 Å². The molecular weight excluding hydrogens is 423 g/mol. The van der Waals surface area contributed by atoms with E-state index in [1.165, 1.54) is 0 Å². The second-order valence-electron chi connectivity index (χ2n) is 6.54. The van der Waals surface area contributed by atoms with Crippen molar-refractivity contribution in [1.29, 1.82) is 0 Å². The largest absolute Gasteiger partial charge is 0.505 e. The number of phenolic OH excluding ortho intramolecular Hbond substituents is 1. The highest BCUT2D eigenvalue weighted by atomic mass is 35.5. The first kappa shape index (κ1) is 20.1. The van der Waals surface area contributed by atoms with Gasteiger partial charge in [-0.1, -0.05) is 30.1 Å². The van der Waals surface area contributed by atoms with Gasteiger partial charge in [-0.2, -0.15) is 0 Å². The van der Waals surface area contributed by atoms with Crippen molar-refractivity contribution in [2.75, 3.05) is 5.32 Å². The van der Waals surface area contributed by atoms with E-state index in [2.05, 4.69) is 15.3 Å². The topological polar surface area (TPSA) is 88.0 Å². The summed E-state index contributed by atoms with van der Waals surface area (Å²) in [5.74, 6) is -0.238. The van der Waals surface area contributed by atoms with Gasteiger partial charge in [-0.3, -0.25) is 14.8 Å². The summed E-state index contributed by atoms with van der Waals surface area (Å²) in [6, 6.07) is 10.4. The van der Waals surface area contributed by atoms with Gasteiger partial charge < -0.3 is 10.4 Å². The normalized spacial score (nSPS) is 10.9. The number of pyridine rings is 3. The van der Waals surface area contributed by atoms with E-state index in [1.807, 2.05) is 6.07 Å². The second-order valence-corrected chi connectivity index (χ2v) is 7.36. The quantitative estimate of drug-likeness (QED) is 0.369. The summed E-state index contributed by atoms with van der Waals surface area (Å²) in [5.41, 5.74) is 4.06.